The van der Waals surface area contributed by atoms with Crippen molar-refractivity contribution in [2.24, 2.45) is 0 Å². The van der Waals surface area contributed by atoms with E-state index < -0.39 is 5.97 Å². The summed E-state index contributed by atoms with van der Waals surface area (Å²) < 4.78 is 2.31. The zero-order valence-electron chi connectivity index (χ0n) is 15.8. The van der Waals surface area contributed by atoms with E-state index in [1.54, 1.807) is 23.5 Å². The Labute approximate surface area is 168 Å². The van der Waals surface area contributed by atoms with Gasteiger partial charge in [-0.25, -0.2) is 9.78 Å². The number of hydrogen-bond acceptors (Lipinski definition) is 3. The third kappa shape index (κ3) is 3.58. The van der Waals surface area contributed by atoms with E-state index >= 15 is 0 Å². The maximum atomic E-state index is 11.5. The molecule has 0 radical (unpaired) electrons. The third-order valence-corrected chi connectivity index (χ3v) is 5.71. The molecule has 4 nitrogen and oxygen atoms in total. The maximum absolute atomic E-state index is 11.5. The lowest BCUT2D eigenvalue weighted by atomic mass is 9.99. The van der Waals surface area contributed by atoms with Crippen molar-refractivity contribution in [2.75, 3.05) is 0 Å². The van der Waals surface area contributed by atoms with Crippen LogP contribution in [0, 0.1) is 0 Å². The van der Waals surface area contributed by atoms with Crippen LogP contribution in [0.15, 0.2) is 59.3 Å². The number of aromatic nitrogens is 2. The zero-order valence-corrected chi connectivity index (χ0v) is 16.6. The normalized spacial score (nSPS) is 11.2. The fourth-order valence-electron chi connectivity index (χ4n) is 3.50. The summed E-state index contributed by atoms with van der Waals surface area (Å²) in [6, 6.07) is 15.3. The monoisotopic (exact) mass is 390 g/mol. The van der Waals surface area contributed by atoms with E-state index in [9.17, 15) is 9.90 Å². The lowest BCUT2D eigenvalue weighted by Crippen LogP contribution is -2.05. The van der Waals surface area contributed by atoms with Crippen LogP contribution in [0.2, 0.25) is 0 Å². The Kier molecular flexibility index (Phi) is 5.26. The molecule has 0 amide bonds. The molecule has 0 bridgehead atoms. The SMILES string of the molecule is CCCCc1nc2cscc2n1Cc1ccc(-c2ccccc2C(=O)O)cc1. The summed E-state index contributed by atoms with van der Waals surface area (Å²) in [6.45, 7) is 2.97. The molecule has 5 heteroatoms. The first-order valence-corrected chi connectivity index (χ1v) is 10.4. The first-order chi connectivity index (χ1) is 13.7. The molecule has 0 aliphatic rings. The number of thiophene rings is 1. The molecule has 1 N–H and O–H groups in total. The second kappa shape index (κ2) is 7.98. The highest BCUT2D eigenvalue weighted by Gasteiger charge is 2.13. The Hall–Kier alpha value is -2.92. The van der Waals surface area contributed by atoms with E-state index in [-0.39, 0.29) is 0 Å². The van der Waals surface area contributed by atoms with Crippen LogP contribution in [-0.2, 0) is 13.0 Å². The molecule has 0 unspecified atom stereocenters. The van der Waals surface area contributed by atoms with Crippen molar-refractivity contribution in [3.8, 4) is 11.1 Å². The number of carboxylic acids is 1. The first-order valence-electron chi connectivity index (χ1n) is 9.50. The molecule has 0 saturated carbocycles. The van der Waals surface area contributed by atoms with Crippen LogP contribution >= 0.6 is 11.3 Å². The van der Waals surface area contributed by atoms with Crippen molar-refractivity contribution >= 4 is 28.3 Å². The second-order valence-corrected chi connectivity index (χ2v) is 7.65. The predicted octanol–water partition coefficient (Wildman–Crippen LogP) is 5.85. The van der Waals surface area contributed by atoms with E-state index in [0.717, 1.165) is 48.3 Å². The van der Waals surface area contributed by atoms with Crippen molar-refractivity contribution in [3.63, 3.8) is 0 Å². The van der Waals surface area contributed by atoms with Gasteiger partial charge in [-0.05, 0) is 29.2 Å². The molecule has 0 saturated heterocycles. The van der Waals surface area contributed by atoms with Crippen LogP contribution < -0.4 is 0 Å². The molecule has 28 heavy (non-hydrogen) atoms. The Balaban J connectivity index is 1.63. The number of benzene rings is 2. The van der Waals surface area contributed by atoms with Crippen LogP contribution in [0.1, 0.15) is 41.5 Å². The van der Waals surface area contributed by atoms with Crippen molar-refractivity contribution in [2.45, 2.75) is 32.7 Å². The molecule has 2 heterocycles. The minimum absolute atomic E-state index is 0.326. The number of carboxylic acid groups (broad SMARTS) is 1. The number of carbonyl (C=O) groups is 1. The number of unbranched alkanes of at least 4 members (excludes halogenated alkanes) is 1. The molecular formula is C23H22N2O2S. The van der Waals surface area contributed by atoms with Crippen LogP contribution in [-0.4, -0.2) is 20.6 Å². The number of aryl methyl sites for hydroxylation is 1. The number of rotatable bonds is 7. The quantitative estimate of drug-likeness (QED) is 0.430. The summed E-state index contributed by atoms with van der Waals surface area (Å²) in [4.78, 5) is 16.3. The lowest BCUT2D eigenvalue weighted by molar-refractivity contribution is 0.0697. The van der Waals surface area contributed by atoms with E-state index in [2.05, 4.69) is 34.4 Å². The van der Waals surface area contributed by atoms with Gasteiger partial charge in [-0.2, -0.15) is 0 Å². The van der Waals surface area contributed by atoms with Gasteiger partial charge in [0.05, 0.1) is 16.6 Å². The van der Waals surface area contributed by atoms with Crippen LogP contribution in [0.3, 0.4) is 0 Å². The minimum atomic E-state index is -0.904. The summed E-state index contributed by atoms with van der Waals surface area (Å²) in [5, 5.41) is 13.7. The Morgan fingerprint density at radius 2 is 1.89 bits per heavy atom. The number of imidazole rings is 1. The van der Waals surface area contributed by atoms with Crippen LogP contribution in [0.5, 0.6) is 0 Å². The number of hydrogen-bond donors (Lipinski definition) is 1. The van der Waals surface area contributed by atoms with E-state index in [1.807, 2.05) is 24.3 Å². The summed E-state index contributed by atoms with van der Waals surface area (Å²) in [6.07, 6.45) is 3.27. The molecule has 4 rings (SSSR count). The smallest absolute Gasteiger partial charge is 0.336 e. The topological polar surface area (TPSA) is 55.1 Å². The van der Waals surface area contributed by atoms with Gasteiger partial charge in [0.25, 0.3) is 0 Å². The Morgan fingerprint density at radius 1 is 1.11 bits per heavy atom. The molecule has 142 valence electrons. The van der Waals surface area contributed by atoms with E-state index in [4.69, 9.17) is 4.98 Å². The fraction of sp³-hybridized carbons (Fsp3) is 0.217. The maximum Gasteiger partial charge on any atom is 0.336 e. The van der Waals surface area contributed by atoms with Crippen molar-refractivity contribution < 1.29 is 9.90 Å². The number of fused-ring (bicyclic) bond motifs is 1. The molecule has 2 aromatic carbocycles. The second-order valence-electron chi connectivity index (χ2n) is 6.91. The van der Waals surface area contributed by atoms with Crippen molar-refractivity contribution in [1.82, 2.24) is 9.55 Å². The minimum Gasteiger partial charge on any atom is -0.478 e. The highest BCUT2D eigenvalue weighted by atomic mass is 32.1. The van der Waals surface area contributed by atoms with Gasteiger partial charge in [-0.3, -0.25) is 0 Å². The molecular weight excluding hydrogens is 368 g/mol. The number of aromatic carboxylic acids is 1. The standard InChI is InChI=1S/C23H22N2O2S/c1-2-3-8-22-24-20-14-28-15-21(20)25(22)13-16-9-11-17(12-10-16)18-6-4-5-7-19(18)23(26)27/h4-7,9-12,14-15H,2-3,8,13H2,1H3,(H,26,27). The van der Waals surface area contributed by atoms with Gasteiger partial charge in [0, 0.05) is 23.7 Å². The predicted molar refractivity (Wildman–Crippen MR) is 114 cm³/mol. The molecule has 0 atom stereocenters. The summed E-state index contributed by atoms with van der Waals surface area (Å²) in [5.41, 5.74) is 5.43. The first kappa shape index (κ1) is 18.4. The summed E-state index contributed by atoms with van der Waals surface area (Å²) >= 11 is 1.68. The van der Waals surface area contributed by atoms with Crippen LogP contribution in [0.4, 0.5) is 0 Å². The van der Waals surface area contributed by atoms with Gasteiger partial charge in [-0.15, -0.1) is 11.3 Å². The molecule has 4 aromatic rings. The van der Waals surface area contributed by atoms with E-state index in [1.165, 1.54) is 11.1 Å². The Bertz CT molecular complexity index is 1110. The van der Waals surface area contributed by atoms with Crippen molar-refractivity contribution in [1.29, 1.82) is 0 Å². The summed E-state index contributed by atoms with van der Waals surface area (Å²) in [5.74, 6) is 0.235. The average Bonchev–Trinajstić information content (AvgIpc) is 3.29. The number of nitrogens with zero attached hydrogens (tertiary/aromatic N) is 2. The average molecular weight is 391 g/mol. The zero-order chi connectivity index (χ0) is 19.5. The molecule has 0 aliphatic carbocycles. The molecule has 0 spiro atoms. The van der Waals surface area contributed by atoms with Gasteiger partial charge in [0.2, 0.25) is 0 Å². The largest absolute Gasteiger partial charge is 0.478 e. The Morgan fingerprint density at radius 3 is 2.64 bits per heavy atom. The fourth-order valence-corrected chi connectivity index (χ4v) is 4.25. The van der Waals surface area contributed by atoms with Gasteiger partial charge in [0.15, 0.2) is 0 Å². The van der Waals surface area contributed by atoms with Gasteiger partial charge in [0.1, 0.15) is 5.82 Å². The lowest BCUT2D eigenvalue weighted by Gasteiger charge is -2.11. The third-order valence-electron chi connectivity index (χ3n) is 4.99. The van der Waals surface area contributed by atoms with Gasteiger partial charge < -0.3 is 9.67 Å². The van der Waals surface area contributed by atoms with Crippen molar-refractivity contribution in [3.05, 3.63) is 76.2 Å². The molecule has 0 fully saturated rings. The highest BCUT2D eigenvalue weighted by molar-refractivity contribution is 7.09. The molecule has 0 aliphatic heterocycles. The molecule has 2 aromatic heterocycles. The van der Waals surface area contributed by atoms with Crippen LogP contribution in [0.25, 0.3) is 22.2 Å². The van der Waals surface area contributed by atoms with E-state index in [0.29, 0.717) is 5.56 Å². The van der Waals surface area contributed by atoms with Gasteiger partial charge >= 0.3 is 5.97 Å². The summed E-state index contributed by atoms with van der Waals surface area (Å²) in [7, 11) is 0. The highest BCUT2D eigenvalue weighted by Crippen LogP contribution is 2.26. The van der Waals surface area contributed by atoms with Gasteiger partial charge in [-0.1, -0.05) is 55.8 Å².